The van der Waals surface area contributed by atoms with Gasteiger partial charge in [0.05, 0.1) is 0 Å². The second kappa shape index (κ2) is 3.25. The molecular formula is C15H29N. The normalized spacial score (nSPS) is 39.9. The minimum Gasteiger partial charge on any atom is -0.310 e. The van der Waals surface area contributed by atoms with Crippen molar-refractivity contribution < 1.29 is 0 Å². The topological polar surface area (TPSA) is 12.0 Å². The molecule has 0 bridgehead atoms. The van der Waals surface area contributed by atoms with Gasteiger partial charge in [0.15, 0.2) is 0 Å². The highest BCUT2D eigenvalue weighted by Gasteiger charge is 2.65. The minimum absolute atomic E-state index is 0.472. The zero-order valence-corrected chi connectivity index (χ0v) is 12.1. The van der Waals surface area contributed by atoms with Crippen LogP contribution in [0.1, 0.15) is 61.3 Å². The van der Waals surface area contributed by atoms with E-state index in [1.807, 2.05) is 0 Å². The van der Waals surface area contributed by atoms with E-state index >= 15 is 0 Å². The average molecular weight is 223 g/mol. The molecule has 0 radical (unpaired) electrons. The predicted octanol–water partition coefficient (Wildman–Crippen LogP) is 3.84. The Kier molecular flexibility index (Phi) is 2.52. The maximum Gasteiger partial charge on any atom is 0.0183 e. The van der Waals surface area contributed by atoms with Crippen LogP contribution in [-0.4, -0.2) is 12.1 Å². The first-order valence-electron chi connectivity index (χ1n) is 6.84. The monoisotopic (exact) mass is 223 g/mol. The SMILES string of the molecule is CC1CC(C)(C)CC1NC1C(C)(C)C1(C)C. The highest BCUT2D eigenvalue weighted by molar-refractivity contribution is 5.19. The van der Waals surface area contributed by atoms with Gasteiger partial charge in [-0.05, 0) is 35.0 Å². The number of nitrogens with one attached hydrogen (secondary N) is 1. The summed E-state index contributed by atoms with van der Waals surface area (Å²) in [5, 5.41) is 3.94. The Hall–Kier alpha value is -0.0400. The molecule has 16 heavy (non-hydrogen) atoms. The molecule has 94 valence electrons. The molecule has 1 nitrogen and oxygen atoms in total. The molecule has 0 aromatic carbocycles. The van der Waals surface area contributed by atoms with Crippen molar-refractivity contribution in [3.05, 3.63) is 0 Å². The maximum absolute atomic E-state index is 3.94. The number of hydrogen-bond acceptors (Lipinski definition) is 1. The molecular weight excluding hydrogens is 194 g/mol. The second-order valence-corrected chi connectivity index (χ2v) is 8.20. The Morgan fingerprint density at radius 3 is 1.69 bits per heavy atom. The van der Waals surface area contributed by atoms with E-state index in [4.69, 9.17) is 0 Å². The van der Waals surface area contributed by atoms with Crippen LogP contribution in [0.5, 0.6) is 0 Å². The van der Waals surface area contributed by atoms with Crippen LogP contribution in [-0.2, 0) is 0 Å². The first-order chi connectivity index (χ1) is 7.08. The molecule has 0 saturated heterocycles. The van der Waals surface area contributed by atoms with Gasteiger partial charge in [-0.2, -0.15) is 0 Å². The first-order valence-corrected chi connectivity index (χ1v) is 6.84. The van der Waals surface area contributed by atoms with Crippen LogP contribution in [0.15, 0.2) is 0 Å². The fourth-order valence-electron chi connectivity index (χ4n) is 3.94. The van der Waals surface area contributed by atoms with E-state index in [1.54, 1.807) is 0 Å². The molecule has 2 aliphatic carbocycles. The van der Waals surface area contributed by atoms with E-state index in [9.17, 15) is 0 Å². The van der Waals surface area contributed by atoms with Gasteiger partial charge in [-0.15, -0.1) is 0 Å². The maximum atomic E-state index is 3.94. The van der Waals surface area contributed by atoms with Crippen molar-refractivity contribution in [2.24, 2.45) is 22.2 Å². The lowest BCUT2D eigenvalue weighted by atomic mass is 9.91. The molecule has 2 atom stereocenters. The molecule has 1 N–H and O–H groups in total. The van der Waals surface area contributed by atoms with Gasteiger partial charge in [0.1, 0.15) is 0 Å². The van der Waals surface area contributed by atoms with Crippen molar-refractivity contribution in [2.45, 2.75) is 73.4 Å². The quantitative estimate of drug-likeness (QED) is 0.750. The van der Waals surface area contributed by atoms with Crippen LogP contribution in [0.3, 0.4) is 0 Å². The highest BCUT2D eigenvalue weighted by Crippen LogP contribution is 2.63. The predicted molar refractivity (Wildman–Crippen MR) is 70.5 cm³/mol. The zero-order valence-electron chi connectivity index (χ0n) is 12.1. The molecule has 0 aromatic heterocycles. The van der Waals surface area contributed by atoms with E-state index in [-0.39, 0.29) is 0 Å². The van der Waals surface area contributed by atoms with Crippen molar-refractivity contribution in [1.82, 2.24) is 5.32 Å². The third kappa shape index (κ3) is 1.72. The highest BCUT2D eigenvalue weighted by atomic mass is 15.1. The van der Waals surface area contributed by atoms with Crippen LogP contribution in [0.2, 0.25) is 0 Å². The van der Waals surface area contributed by atoms with Crippen LogP contribution >= 0.6 is 0 Å². The van der Waals surface area contributed by atoms with Crippen molar-refractivity contribution in [2.75, 3.05) is 0 Å². The van der Waals surface area contributed by atoms with Gasteiger partial charge >= 0.3 is 0 Å². The molecule has 1 heteroatoms. The molecule has 0 spiro atoms. The van der Waals surface area contributed by atoms with Crippen molar-refractivity contribution in [3.63, 3.8) is 0 Å². The van der Waals surface area contributed by atoms with E-state index in [1.165, 1.54) is 12.8 Å². The van der Waals surface area contributed by atoms with Crippen molar-refractivity contribution in [1.29, 1.82) is 0 Å². The Balaban J connectivity index is 1.98. The standard InChI is InChI=1S/C15H29N/c1-10-8-13(2,3)9-11(10)16-12-14(4,5)15(12,6)7/h10-12,16H,8-9H2,1-7H3. The first kappa shape index (κ1) is 12.4. The van der Waals surface area contributed by atoms with E-state index in [0.29, 0.717) is 22.3 Å². The number of hydrogen-bond donors (Lipinski definition) is 1. The summed E-state index contributed by atoms with van der Waals surface area (Å²) in [5.41, 5.74) is 1.49. The number of rotatable bonds is 2. The van der Waals surface area contributed by atoms with Crippen molar-refractivity contribution in [3.8, 4) is 0 Å². The van der Waals surface area contributed by atoms with Gasteiger partial charge in [-0.3, -0.25) is 0 Å². The molecule has 2 fully saturated rings. The lowest BCUT2D eigenvalue weighted by molar-refractivity contribution is 0.358. The van der Waals surface area contributed by atoms with Gasteiger partial charge < -0.3 is 5.32 Å². The summed E-state index contributed by atoms with van der Waals surface area (Å²) in [5.74, 6) is 0.835. The second-order valence-electron chi connectivity index (χ2n) is 8.20. The van der Waals surface area contributed by atoms with Crippen LogP contribution in [0.25, 0.3) is 0 Å². The summed E-state index contributed by atoms with van der Waals surface area (Å²) in [6.45, 7) is 16.8. The lowest BCUT2D eigenvalue weighted by Gasteiger charge is -2.20. The fourth-order valence-corrected chi connectivity index (χ4v) is 3.94. The Morgan fingerprint density at radius 2 is 1.38 bits per heavy atom. The molecule has 0 aromatic rings. The summed E-state index contributed by atoms with van der Waals surface area (Å²) < 4.78 is 0. The molecule has 2 rings (SSSR count). The molecule has 2 unspecified atom stereocenters. The zero-order chi connectivity index (χ0) is 12.4. The van der Waals surface area contributed by atoms with Crippen LogP contribution in [0, 0.1) is 22.2 Å². The fraction of sp³-hybridized carbons (Fsp3) is 1.00. The van der Waals surface area contributed by atoms with Gasteiger partial charge in [0.2, 0.25) is 0 Å². The summed E-state index contributed by atoms with van der Waals surface area (Å²) in [7, 11) is 0. The Labute approximate surface area is 101 Å². The van der Waals surface area contributed by atoms with Gasteiger partial charge in [-0.1, -0.05) is 48.5 Å². The van der Waals surface area contributed by atoms with E-state index < -0.39 is 0 Å². The Bertz CT molecular complexity index is 274. The third-order valence-electron chi connectivity index (χ3n) is 5.74. The molecule has 0 aliphatic heterocycles. The molecule has 0 heterocycles. The van der Waals surface area contributed by atoms with E-state index in [2.05, 4.69) is 53.8 Å². The van der Waals surface area contributed by atoms with Crippen molar-refractivity contribution >= 4 is 0 Å². The van der Waals surface area contributed by atoms with Crippen LogP contribution < -0.4 is 5.32 Å². The summed E-state index contributed by atoms with van der Waals surface area (Å²) in [6.07, 6.45) is 2.72. The summed E-state index contributed by atoms with van der Waals surface area (Å²) in [6, 6.07) is 1.45. The lowest BCUT2D eigenvalue weighted by Crippen LogP contribution is -2.36. The summed E-state index contributed by atoms with van der Waals surface area (Å²) >= 11 is 0. The average Bonchev–Trinajstić information content (AvgIpc) is 2.34. The molecule has 0 amide bonds. The summed E-state index contributed by atoms with van der Waals surface area (Å²) in [4.78, 5) is 0. The smallest absolute Gasteiger partial charge is 0.0183 e. The molecule has 2 saturated carbocycles. The van der Waals surface area contributed by atoms with Crippen LogP contribution in [0.4, 0.5) is 0 Å². The largest absolute Gasteiger partial charge is 0.310 e. The van der Waals surface area contributed by atoms with Gasteiger partial charge in [0.25, 0.3) is 0 Å². The third-order valence-corrected chi connectivity index (χ3v) is 5.74. The Morgan fingerprint density at radius 1 is 0.875 bits per heavy atom. The molecule has 2 aliphatic rings. The minimum atomic E-state index is 0.472. The van der Waals surface area contributed by atoms with Gasteiger partial charge in [0, 0.05) is 12.1 Å². The van der Waals surface area contributed by atoms with Gasteiger partial charge in [-0.25, -0.2) is 0 Å². The van der Waals surface area contributed by atoms with E-state index in [0.717, 1.165) is 12.0 Å².